The number of halogens is 3. The van der Waals surface area contributed by atoms with Gasteiger partial charge in [-0.25, -0.2) is 18.7 Å². The summed E-state index contributed by atoms with van der Waals surface area (Å²) in [4.78, 5) is 12.8. The fourth-order valence-corrected chi connectivity index (χ4v) is 4.31. The molecule has 0 unspecified atom stereocenters. The van der Waals surface area contributed by atoms with E-state index in [0.717, 1.165) is 39.0 Å². The number of nitrogens with zero attached hydrogens (tertiary/aromatic N) is 4. The molecule has 0 N–H and O–H groups in total. The van der Waals surface area contributed by atoms with E-state index in [9.17, 15) is 8.78 Å². The Morgan fingerprint density at radius 3 is 2.67 bits per heavy atom. The second kappa shape index (κ2) is 8.06. The minimum atomic E-state index is -0.411. The molecule has 0 aliphatic carbocycles. The molecule has 2 aliphatic rings. The van der Waals surface area contributed by atoms with Crippen LogP contribution in [0.2, 0.25) is 0 Å². The minimum absolute atomic E-state index is 0.280. The second-order valence-electron chi connectivity index (χ2n) is 7.13. The van der Waals surface area contributed by atoms with E-state index in [0.29, 0.717) is 34.7 Å². The van der Waals surface area contributed by atoms with E-state index >= 15 is 0 Å². The SMILES string of the molecule is Fc1cnc(N2CCN3C[C@@H](COc4ccc(F)cc4Br)CC[C@H]3C2)nc1. The van der Waals surface area contributed by atoms with E-state index in [1.165, 1.54) is 24.5 Å². The Morgan fingerprint density at radius 2 is 1.89 bits per heavy atom. The van der Waals surface area contributed by atoms with Gasteiger partial charge in [-0.05, 0) is 47.0 Å². The first kappa shape index (κ1) is 18.6. The fraction of sp³-hybridized carbons (Fsp3) is 0.474. The third kappa shape index (κ3) is 4.38. The number of piperazine rings is 1. The van der Waals surface area contributed by atoms with Gasteiger partial charge in [0.25, 0.3) is 0 Å². The molecule has 144 valence electrons. The first-order valence-corrected chi connectivity index (χ1v) is 9.92. The lowest BCUT2D eigenvalue weighted by Crippen LogP contribution is -2.57. The van der Waals surface area contributed by atoms with Gasteiger partial charge < -0.3 is 9.64 Å². The summed E-state index contributed by atoms with van der Waals surface area (Å²) in [6.45, 7) is 4.24. The summed E-state index contributed by atoms with van der Waals surface area (Å²) in [7, 11) is 0. The van der Waals surface area contributed by atoms with Gasteiger partial charge in [0.2, 0.25) is 5.95 Å². The van der Waals surface area contributed by atoms with Crippen LogP contribution in [0.1, 0.15) is 12.8 Å². The molecule has 0 saturated carbocycles. The van der Waals surface area contributed by atoms with Gasteiger partial charge in [-0.2, -0.15) is 0 Å². The van der Waals surface area contributed by atoms with E-state index in [4.69, 9.17) is 4.74 Å². The zero-order valence-electron chi connectivity index (χ0n) is 14.8. The maximum atomic E-state index is 13.2. The smallest absolute Gasteiger partial charge is 0.225 e. The third-order valence-electron chi connectivity index (χ3n) is 5.26. The van der Waals surface area contributed by atoms with Crippen molar-refractivity contribution < 1.29 is 13.5 Å². The van der Waals surface area contributed by atoms with Crippen LogP contribution < -0.4 is 9.64 Å². The molecule has 2 saturated heterocycles. The Balaban J connectivity index is 1.30. The number of ether oxygens (including phenoxy) is 1. The van der Waals surface area contributed by atoms with Gasteiger partial charge in [-0.3, -0.25) is 4.90 Å². The van der Waals surface area contributed by atoms with Crippen molar-refractivity contribution in [3.05, 3.63) is 46.7 Å². The zero-order chi connectivity index (χ0) is 18.8. The highest BCUT2D eigenvalue weighted by atomic mass is 79.9. The number of hydrogen-bond donors (Lipinski definition) is 0. The maximum absolute atomic E-state index is 13.2. The van der Waals surface area contributed by atoms with Crippen LogP contribution in [0.4, 0.5) is 14.7 Å². The van der Waals surface area contributed by atoms with Crippen molar-refractivity contribution in [1.29, 1.82) is 0 Å². The minimum Gasteiger partial charge on any atom is -0.492 e. The molecule has 2 aliphatic heterocycles. The van der Waals surface area contributed by atoms with E-state index in [-0.39, 0.29) is 5.82 Å². The topological polar surface area (TPSA) is 41.5 Å². The lowest BCUT2D eigenvalue weighted by Gasteiger charge is -2.46. The molecule has 0 spiro atoms. The fourth-order valence-electron chi connectivity index (χ4n) is 3.84. The van der Waals surface area contributed by atoms with Crippen molar-refractivity contribution >= 4 is 21.9 Å². The van der Waals surface area contributed by atoms with Crippen LogP contribution in [0.3, 0.4) is 0 Å². The predicted octanol–water partition coefficient (Wildman–Crippen LogP) is 3.50. The van der Waals surface area contributed by atoms with Crippen molar-refractivity contribution in [1.82, 2.24) is 14.9 Å². The maximum Gasteiger partial charge on any atom is 0.225 e. The summed E-state index contributed by atoms with van der Waals surface area (Å²) in [5, 5.41) is 0. The average Bonchev–Trinajstić information content (AvgIpc) is 2.67. The first-order valence-electron chi connectivity index (χ1n) is 9.13. The molecule has 0 bridgehead atoms. The summed E-state index contributed by atoms with van der Waals surface area (Å²) in [6.07, 6.45) is 4.60. The predicted molar refractivity (Wildman–Crippen MR) is 102 cm³/mol. The Hall–Kier alpha value is -1.80. The van der Waals surface area contributed by atoms with Gasteiger partial charge in [0, 0.05) is 38.1 Å². The van der Waals surface area contributed by atoms with Crippen molar-refractivity contribution in [3.63, 3.8) is 0 Å². The standard InChI is InChI=1S/C19H21BrF2N4O/c20-17-7-14(21)2-4-18(17)27-12-13-1-3-16-11-26(6-5-25(16)10-13)19-23-8-15(22)9-24-19/h2,4,7-9,13,16H,1,3,5-6,10-12H2/t13-,16-/m0/s1. The van der Waals surface area contributed by atoms with Crippen LogP contribution in [0.15, 0.2) is 35.1 Å². The molecular formula is C19H21BrF2N4O. The van der Waals surface area contributed by atoms with Gasteiger partial charge in [-0.15, -0.1) is 0 Å². The quantitative estimate of drug-likeness (QED) is 0.730. The largest absolute Gasteiger partial charge is 0.492 e. The molecule has 5 nitrogen and oxygen atoms in total. The Labute approximate surface area is 165 Å². The molecule has 1 aromatic heterocycles. The summed E-state index contributed by atoms with van der Waals surface area (Å²) >= 11 is 3.34. The highest BCUT2D eigenvalue weighted by molar-refractivity contribution is 9.10. The average molecular weight is 439 g/mol. The lowest BCUT2D eigenvalue weighted by atomic mass is 9.91. The van der Waals surface area contributed by atoms with Gasteiger partial charge in [0.1, 0.15) is 11.6 Å². The molecule has 4 rings (SSSR count). The van der Waals surface area contributed by atoms with Crippen LogP contribution >= 0.6 is 15.9 Å². The number of hydrogen-bond acceptors (Lipinski definition) is 5. The second-order valence-corrected chi connectivity index (χ2v) is 7.98. The van der Waals surface area contributed by atoms with Crippen molar-refractivity contribution in [3.8, 4) is 5.75 Å². The zero-order valence-corrected chi connectivity index (χ0v) is 16.4. The van der Waals surface area contributed by atoms with E-state index in [1.807, 2.05) is 0 Å². The Morgan fingerprint density at radius 1 is 1.07 bits per heavy atom. The lowest BCUT2D eigenvalue weighted by molar-refractivity contribution is 0.0724. The Kier molecular flexibility index (Phi) is 5.54. The van der Waals surface area contributed by atoms with E-state index < -0.39 is 5.82 Å². The van der Waals surface area contributed by atoms with Crippen LogP contribution in [0, 0.1) is 17.6 Å². The molecule has 3 heterocycles. The normalized spacial score (nSPS) is 23.1. The number of rotatable bonds is 4. The highest BCUT2D eigenvalue weighted by Gasteiger charge is 2.33. The molecular weight excluding hydrogens is 418 g/mol. The van der Waals surface area contributed by atoms with Crippen LogP contribution in [0.5, 0.6) is 5.75 Å². The van der Waals surface area contributed by atoms with Crippen LogP contribution in [-0.2, 0) is 0 Å². The number of benzene rings is 1. The summed E-state index contributed by atoms with van der Waals surface area (Å²) in [5.74, 6) is 1.04. The number of piperidine rings is 1. The molecule has 0 radical (unpaired) electrons. The van der Waals surface area contributed by atoms with Crippen LogP contribution in [0.25, 0.3) is 0 Å². The Bertz CT molecular complexity index is 792. The summed E-state index contributed by atoms with van der Waals surface area (Å²) in [5.41, 5.74) is 0. The number of aromatic nitrogens is 2. The van der Waals surface area contributed by atoms with Gasteiger partial charge in [0.05, 0.1) is 23.5 Å². The molecule has 27 heavy (non-hydrogen) atoms. The van der Waals surface area contributed by atoms with Crippen molar-refractivity contribution in [2.24, 2.45) is 5.92 Å². The molecule has 2 fully saturated rings. The van der Waals surface area contributed by atoms with Gasteiger partial charge in [-0.1, -0.05) is 0 Å². The van der Waals surface area contributed by atoms with Gasteiger partial charge in [0.15, 0.2) is 5.82 Å². The highest BCUT2D eigenvalue weighted by Crippen LogP contribution is 2.29. The molecule has 0 amide bonds. The van der Waals surface area contributed by atoms with E-state index in [1.54, 1.807) is 6.07 Å². The molecule has 2 aromatic rings. The monoisotopic (exact) mass is 438 g/mol. The first-order chi connectivity index (χ1) is 13.1. The number of anilines is 1. The van der Waals surface area contributed by atoms with Gasteiger partial charge >= 0.3 is 0 Å². The van der Waals surface area contributed by atoms with Crippen molar-refractivity contribution in [2.45, 2.75) is 18.9 Å². The molecule has 8 heteroatoms. The summed E-state index contributed by atoms with van der Waals surface area (Å²) in [6, 6.07) is 4.95. The summed E-state index contributed by atoms with van der Waals surface area (Å²) < 4.78 is 32.7. The van der Waals surface area contributed by atoms with Crippen molar-refractivity contribution in [2.75, 3.05) is 37.7 Å². The van der Waals surface area contributed by atoms with Crippen LogP contribution in [-0.4, -0.2) is 53.7 Å². The number of fused-ring (bicyclic) bond motifs is 1. The van der Waals surface area contributed by atoms with E-state index in [2.05, 4.69) is 35.7 Å². The third-order valence-corrected chi connectivity index (χ3v) is 5.88. The molecule has 2 atom stereocenters. The molecule has 1 aromatic carbocycles.